The lowest BCUT2D eigenvalue weighted by molar-refractivity contribution is 0.0205. The van der Waals surface area contributed by atoms with Crippen molar-refractivity contribution in [1.82, 2.24) is 14.9 Å². The number of anilines is 1. The van der Waals surface area contributed by atoms with E-state index in [-0.39, 0.29) is 18.0 Å². The number of piperidine rings is 1. The standard InChI is InChI=1S/C17H23FN4O2S/c1-17(2,3)24-16(23)22-7-5-11(6-8-22)21(4)15-14-13(19-10-20-15)12(18)9-25-14/h9-11H,5-8H2,1-4H3. The highest BCUT2D eigenvalue weighted by molar-refractivity contribution is 7.17. The first-order valence-corrected chi connectivity index (χ1v) is 9.22. The number of likely N-dealkylation sites (tertiary alicyclic amines) is 1. The van der Waals surface area contributed by atoms with Gasteiger partial charge in [-0.2, -0.15) is 0 Å². The van der Waals surface area contributed by atoms with E-state index in [0.717, 1.165) is 23.4 Å². The Morgan fingerprint density at radius 3 is 2.68 bits per heavy atom. The summed E-state index contributed by atoms with van der Waals surface area (Å²) in [4.78, 5) is 24.4. The van der Waals surface area contributed by atoms with E-state index in [4.69, 9.17) is 4.74 Å². The molecule has 2 aromatic heterocycles. The molecule has 1 aliphatic heterocycles. The molecule has 0 atom stereocenters. The van der Waals surface area contributed by atoms with Crippen LogP contribution in [0.5, 0.6) is 0 Å². The van der Waals surface area contributed by atoms with Crippen molar-refractivity contribution in [1.29, 1.82) is 0 Å². The van der Waals surface area contributed by atoms with Crippen molar-refractivity contribution in [3.63, 3.8) is 0 Å². The highest BCUT2D eigenvalue weighted by atomic mass is 32.1. The van der Waals surface area contributed by atoms with Gasteiger partial charge in [0.05, 0.1) is 4.70 Å². The minimum absolute atomic E-state index is 0.238. The molecule has 0 aliphatic carbocycles. The third-order valence-electron chi connectivity index (χ3n) is 4.29. The Kier molecular flexibility index (Phi) is 4.81. The lowest BCUT2D eigenvalue weighted by Crippen LogP contribution is -2.47. The fourth-order valence-corrected chi connectivity index (χ4v) is 3.89. The minimum Gasteiger partial charge on any atom is -0.444 e. The van der Waals surface area contributed by atoms with E-state index in [1.54, 1.807) is 4.90 Å². The number of carbonyl (C=O) groups is 1. The molecule has 3 rings (SSSR count). The molecular weight excluding hydrogens is 343 g/mol. The normalized spacial score (nSPS) is 16.3. The zero-order valence-corrected chi connectivity index (χ0v) is 15.8. The van der Waals surface area contributed by atoms with Crippen LogP contribution in [-0.2, 0) is 4.74 Å². The first kappa shape index (κ1) is 17.8. The molecule has 25 heavy (non-hydrogen) atoms. The summed E-state index contributed by atoms with van der Waals surface area (Å²) in [6.07, 6.45) is 2.77. The summed E-state index contributed by atoms with van der Waals surface area (Å²) in [7, 11) is 1.97. The molecular formula is C17H23FN4O2S. The van der Waals surface area contributed by atoms with Crippen LogP contribution in [-0.4, -0.2) is 52.7 Å². The Balaban J connectivity index is 1.67. The molecule has 1 fully saturated rings. The van der Waals surface area contributed by atoms with Crippen molar-refractivity contribution in [3.05, 3.63) is 17.5 Å². The number of ether oxygens (including phenoxy) is 1. The van der Waals surface area contributed by atoms with Gasteiger partial charge in [-0.3, -0.25) is 0 Å². The second kappa shape index (κ2) is 6.74. The smallest absolute Gasteiger partial charge is 0.410 e. The number of thiophene rings is 1. The lowest BCUT2D eigenvalue weighted by Gasteiger charge is -2.37. The van der Waals surface area contributed by atoms with Gasteiger partial charge in [0.2, 0.25) is 0 Å². The van der Waals surface area contributed by atoms with Gasteiger partial charge in [-0.15, -0.1) is 11.3 Å². The number of hydrogen-bond donors (Lipinski definition) is 0. The monoisotopic (exact) mass is 366 g/mol. The maximum atomic E-state index is 13.8. The molecule has 1 amide bonds. The van der Waals surface area contributed by atoms with Crippen LogP contribution in [0.2, 0.25) is 0 Å². The minimum atomic E-state index is -0.486. The van der Waals surface area contributed by atoms with Gasteiger partial charge in [0.25, 0.3) is 0 Å². The number of rotatable bonds is 2. The predicted molar refractivity (Wildman–Crippen MR) is 96.6 cm³/mol. The summed E-state index contributed by atoms with van der Waals surface area (Å²) >= 11 is 1.32. The van der Waals surface area contributed by atoms with Crippen LogP contribution >= 0.6 is 11.3 Å². The molecule has 0 saturated carbocycles. The van der Waals surface area contributed by atoms with Crippen LogP contribution in [0.15, 0.2) is 11.7 Å². The highest BCUT2D eigenvalue weighted by Gasteiger charge is 2.29. The number of hydrogen-bond acceptors (Lipinski definition) is 6. The van der Waals surface area contributed by atoms with Crippen LogP contribution in [0.3, 0.4) is 0 Å². The van der Waals surface area contributed by atoms with Crippen molar-refractivity contribution in [2.24, 2.45) is 0 Å². The second-order valence-electron chi connectivity index (χ2n) is 7.27. The van der Waals surface area contributed by atoms with Crippen LogP contribution in [0.1, 0.15) is 33.6 Å². The van der Waals surface area contributed by atoms with E-state index in [9.17, 15) is 9.18 Å². The number of aromatic nitrogens is 2. The molecule has 0 N–H and O–H groups in total. The fraction of sp³-hybridized carbons (Fsp3) is 0.588. The van der Waals surface area contributed by atoms with Gasteiger partial charge in [0.15, 0.2) is 5.82 Å². The van der Waals surface area contributed by atoms with Gasteiger partial charge < -0.3 is 14.5 Å². The number of halogens is 1. The van der Waals surface area contributed by atoms with Gasteiger partial charge in [-0.25, -0.2) is 19.2 Å². The molecule has 0 radical (unpaired) electrons. The van der Waals surface area contributed by atoms with Gasteiger partial charge in [0.1, 0.15) is 23.3 Å². The second-order valence-corrected chi connectivity index (χ2v) is 8.15. The van der Waals surface area contributed by atoms with E-state index in [2.05, 4.69) is 14.9 Å². The molecule has 0 unspecified atom stereocenters. The Morgan fingerprint density at radius 1 is 1.36 bits per heavy atom. The predicted octanol–water partition coefficient (Wildman–Crippen LogP) is 3.67. The van der Waals surface area contributed by atoms with Gasteiger partial charge in [0, 0.05) is 31.6 Å². The first-order chi connectivity index (χ1) is 11.8. The lowest BCUT2D eigenvalue weighted by atomic mass is 10.0. The molecule has 1 saturated heterocycles. The summed E-state index contributed by atoms with van der Waals surface area (Å²) in [6, 6.07) is 0.238. The molecule has 8 heteroatoms. The average Bonchev–Trinajstić information content (AvgIpc) is 2.94. The van der Waals surface area contributed by atoms with E-state index in [0.29, 0.717) is 18.6 Å². The van der Waals surface area contributed by atoms with Crippen molar-refractivity contribution in [2.45, 2.75) is 45.3 Å². The number of nitrogens with zero attached hydrogens (tertiary/aromatic N) is 4. The van der Waals surface area contributed by atoms with Crippen LogP contribution in [0.25, 0.3) is 10.2 Å². The Hall–Kier alpha value is -1.96. The summed E-state index contributed by atoms with van der Waals surface area (Å²) in [6.45, 7) is 6.87. The molecule has 6 nitrogen and oxygen atoms in total. The molecule has 0 spiro atoms. The first-order valence-electron chi connectivity index (χ1n) is 8.35. The molecule has 136 valence electrons. The molecule has 0 aromatic carbocycles. The maximum absolute atomic E-state index is 13.8. The van der Waals surface area contributed by atoms with E-state index in [1.165, 1.54) is 23.0 Å². The quantitative estimate of drug-likeness (QED) is 0.812. The summed E-state index contributed by atoms with van der Waals surface area (Å²) < 4.78 is 19.9. The largest absolute Gasteiger partial charge is 0.444 e. The van der Waals surface area contributed by atoms with Crippen LogP contribution < -0.4 is 4.90 Å². The zero-order chi connectivity index (χ0) is 18.2. The van der Waals surface area contributed by atoms with Crippen molar-refractivity contribution in [3.8, 4) is 0 Å². The van der Waals surface area contributed by atoms with E-state index < -0.39 is 5.60 Å². The molecule has 0 bridgehead atoms. The molecule has 3 heterocycles. The Bertz CT molecular complexity index is 766. The number of carbonyl (C=O) groups excluding carboxylic acids is 1. The summed E-state index contributed by atoms with van der Waals surface area (Å²) in [5.41, 5.74) is -0.117. The third kappa shape index (κ3) is 3.84. The van der Waals surface area contributed by atoms with Crippen molar-refractivity contribution < 1.29 is 13.9 Å². The van der Waals surface area contributed by atoms with Gasteiger partial charge in [-0.1, -0.05) is 0 Å². The number of fused-ring (bicyclic) bond motifs is 1. The maximum Gasteiger partial charge on any atom is 0.410 e. The Labute approximate surface area is 150 Å². The van der Waals surface area contributed by atoms with E-state index >= 15 is 0 Å². The van der Waals surface area contributed by atoms with Gasteiger partial charge >= 0.3 is 6.09 Å². The summed E-state index contributed by atoms with van der Waals surface area (Å²) in [5.74, 6) is 0.436. The van der Waals surface area contributed by atoms with Crippen molar-refractivity contribution >= 4 is 33.5 Å². The Morgan fingerprint density at radius 2 is 2.04 bits per heavy atom. The fourth-order valence-electron chi connectivity index (χ4n) is 3.00. The van der Waals surface area contributed by atoms with Crippen molar-refractivity contribution in [2.75, 3.05) is 25.0 Å². The SMILES string of the molecule is CN(c1ncnc2c(F)csc12)C1CCN(C(=O)OC(C)(C)C)CC1. The number of amides is 1. The van der Waals surface area contributed by atoms with Crippen LogP contribution in [0, 0.1) is 5.82 Å². The summed E-state index contributed by atoms with van der Waals surface area (Å²) in [5, 5.41) is 1.46. The average molecular weight is 366 g/mol. The molecule has 2 aromatic rings. The highest BCUT2D eigenvalue weighted by Crippen LogP contribution is 2.32. The topological polar surface area (TPSA) is 58.6 Å². The zero-order valence-electron chi connectivity index (χ0n) is 15.0. The third-order valence-corrected chi connectivity index (χ3v) is 5.23. The molecule has 1 aliphatic rings. The van der Waals surface area contributed by atoms with Crippen LogP contribution in [0.4, 0.5) is 15.0 Å². The van der Waals surface area contributed by atoms with E-state index in [1.807, 2.05) is 27.8 Å². The van der Waals surface area contributed by atoms with Gasteiger partial charge in [-0.05, 0) is 33.6 Å².